The van der Waals surface area contributed by atoms with Crippen LogP contribution >= 0.6 is 11.8 Å². The smallest absolute Gasteiger partial charge is 0.480 e. The third-order valence-electron chi connectivity index (χ3n) is 1.33. The van der Waals surface area contributed by atoms with Crippen LogP contribution in [0.3, 0.4) is 0 Å². The van der Waals surface area contributed by atoms with Crippen molar-refractivity contribution in [2.24, 2.45) is 0 Å². The summed E-state index contributed by atoms with van der Waals surface area (Å²) < 4.78 is 36.9. The van der Waals surface area contributed by atoms with Crippen LogP contribution in [0.25, 0.3) is 0 Å². The Morgan fingerprint density at radius 1 is 1.43 bits per heavy atom. The Hall–Kier alpha value is -0.430. The van der Waals surface area contributed by atoms with Gasteiger partial charge in [-0.2, -0.15) is 0 Å². The van der Waals surface area contributed by atoms with Gasteiger partial charge in [-0.1, -0.05) is 0 Å². The number of carboxylic acids is 1. The largest absolute Gasteiger partial charge is 0.522 e. The monoisotopic (exact) mass is 232 g/mol. The van der Waals surface area contributed by atoms with E-state index in [2.05, 4.69) is 4.74 Å². The quantitative estimate of drug-likeness (QED) is 0.737. The summed E-state index contributed by atoms with van der Waals surface area (Å²) in [5.74, 6) is -1.08. The second-order valence-corrected chi connectivity index (χ2v) is 4.68. The van der Waals surface area contributed by atoms with Crippen LogP contribution in [0.15, 0.2) is 0 Å². The molecule has 84 valence electrons. The summed E-state index contributed by atoms with van der Waals surface area (Å²) in [4.78, 5) is 10.5. The van der Waals surface area contributed by atoms with Gasteiger partial charge in [0.2, 0.25) is 0 Å². The first kappa shape index (κ1) is 13.6. The highest BCUT2D eigenvalue weighted by atomic mass is 32.2. The fourth-order valence-electron chi connectivity index (χ4n) is 0.516. The van der Waals surface area contributed by atoms with E-state index in [-0.39, 0.29) is 5.75 Å². The van der Waals surface area contributed by atoms with Gasteiger partial charge in [0, 0.05) is 5.75 Å². The van der Waals surface area contributed by atoms with Gasteiger partial charge >= 0.3 is 12.3 Å². The molecule has 0 spiro atoms. The minimum Gasteiger partial charge on any atom is -0.480 e. The third-order valence-corrected chi connectivity index (χ3v) is 2.59. The first-order valence-corrected chi connectivity index (χ1v) is 4.72. The fraction of sp³-hybridized carbons (Fsp3) is 0.857. The zero-order valence-electron chi connectivity index (χ0n) is 7.72. The van der Waals surface area contributed by atoms with Crippen LogP contribution in [0.5, 0.6) is 0 Å². The molecule has 0 bridgehead atoms. The molecule has 0 radical (unpaired) electrons. The molecule has 0 aromatic rings. The van der Waals surface area contributed by atoms with Gasteiger partial charge < -0.3 is 5.11 Å². The number of ether oxygens (including phenoxy) is 1. The van der Waals surface area contributed by atoms with E-state index in [1.807, 2.05) is 0 Å². The van der Waals surface area contributed by atoms with Crippen molar-refractivity contribution in [2.45, 2.75) is 25.0 Å². The number of alkyl halides is 3. The van der Waals surface area contributed by atoms with E-state index in [9.17, 15) is 18.0 Å². The number of rotatable bonds is 5. The number of aliphatic carboxylic acids is 1. The topological polar surface area (TPSA) is 46.5 Å². The highest BCUT2D eigenvalue weighted by molar-refractivity contribution is 8.01. The van der Waals surface area contributed by atoms with E-state index in [4.69, 9.17) is 5.11 Å². The van der Waals surface area contributed by atoms with Gasteiger partial charge in [0.05, 0.1) is 6.61 Å². The lowest BCUT2D eigenvalue weighted by atomic mass is 10.2. The van der Waals surface area contributed by atoms with Crippen LogP contribution in [-0.4, -0.2) is 34.5 Å². The molecule has 0 saturated heterocycles. The van der Waals surface area contributed by atoms with Gasteiger partial charge in [0.1, 0.15) is 4.75 Å². The molecular formula is C7H11F3O3S. The first-order chi connectivity index (χ1) is 6.15. The number of thioether (sulfide) groups is 1. The Morgan fingerprint density at radius 2 is 1.93 bits per heavy atom. The third kappa shape index (κ3) is 6.09. The van der Waals surface area contributed by atoms with Crippen LogP contribution < -0.4 is 0 Å². The average molecular weight is 232 g/mol. The maximum absolute atomic E-state index is 11.5. The SMILES string of the molecule is CC(C)(SCCOC(F)(F)F)C(=O)O. The van der Waals surface area contributed by atoms with Crippen molar-refractivity contribution < 1.29 is 27.8 Å². The minimum absolute atomic E-state index is 0.0151. The van der Waals surface area contributed by atoms with Crippen molar-refractivity contribution in [2.75, 3.05) is 12.4 Å². The molecule has 0 saturated carbocycles. The number of hydrogen-bond acceptors (Lipinski definition) is 3. The Labute approximate surface area is 83.6 Å². The van der Waals surface area contributed by atoms with Gasteiger partial charge in [0.15, 0.2) is 0 Å². The molecule has 0 aliphatic heterocycles. The molecule has 0 aromatic carbocycles. The molecule has 14 heavy (non-hydrogen) atoms. The standard InChI is InChI=1S/C7H11F3O3S/c1-6(2,5(11)12)14-4-3-13-7(8,9)10/h3-4H2,1-2H3,(H,11,12). The Bertz CT molecular complexity index is 203. The number of carboxylic acid groups (broad SMARTS) is 1. The lowest BCUT2D eigenvalue weighted by Crippen LogP contribution is -2.28. The second kappa shape index (κ2) is 4.88. The van der Waals surface area contributed by atoms with Gasteiger partial charge in [0.25, 0.3) is 0 Å². The molecule has 0 rings (SSSR count). The second-order valence-electron chi connectivity index (χ2n) is 2.96. The Kier molecular flexibility index (Phi) is 4.73. The van der Waals surface area contributed by atoms with Gasteiger partial charge in [-0.3, -0.25) is 9.53 Å². The summed E-state index contributed by atoms with van der Waals surface area (Å²) in [6, 6.07) is 0. The van der Waals surface area contributed by atoms with Crippen molar-refractivity contribution in [3.05, 3.63) is 0 Å². The van der Waals surface area contributed by atoms with Crippen molar-refractivity contribution in [1.82, 2.24) is 0 Å². The normalized spacial score (nSPS) is 12.9. The molecule has 3 nitrogen and oxygen atoms in total. The minimum atomic E-state index is -4.64. The van der Waals surface area contributed by atoms with Crippen LogP contribution in [0, 0.1) is 0 Å². The molecule has 0 aromatic heterocycles. The maximum atomic E-state index is 11.5. The molecule has 0 aliphatic carbocycles. The molecule has 0 fully saturated rings. The van der Waals surface area contributed by atoms with E-state index >= 15 is 0 Å². The van der Waals surface area contributed by atoms with Crippen molar-refractivity contribution in [1.29, 1.82) is 0 Å². The van der Waals surface area contributed by atoms with E-state index in [0.29, 0.717) is 0 Å². The molecule has 0 atom stereocenters. The highest BCUT2D eigenvalue weighted by Crippen LogP contribution is 2.25. The lowest BCUT2D eigenvalue weighted by Gasteiger charge is -2.18. The van der Waals surface area contributed by atoms with Crippen molar-refractivity contribution in [3.63, 3.8) is 0 Å². The van der Waals surface area contributed by atoms with E-state index in [0.717, 1.165) is 11.8 Å². The Balaban J connectivity index is 3.70. The molecule has 0 heterocycles. The summed E-state index contributed by atoms with van der Waals surface area (Å²) in [6.45, 7) is 2.31. The van der Waals surface area contributed by atoms with Gasteiger partial charge in [-0.25, -0.2) is 0 Å². The van der Waals surface area contributed by atoms with Gasteiger partial charge in [-0.05, 0) is 13.8 Å². The van der Waals surface area contributed by atoms with Crippen LogP contribution in [-0.2, 0) is 9.53 Å². The summed E-state index contributed by atoms with van der Waals surface area (Å²) in [5.41, 5.74) is 0. The van der Waals surface area contributed by atoms with Crippen molar-refractivity contribution in [3.8, 4) is 0 Å². The molecule has 7 heteroatoms. The number of carbonyl (C=O) groups is 1. The molecular weight excluding hydrogens is 221 g/mol. The predicted molar refractivity (Wildman–Crippen MR) is 46.2 cm³/mol. The summed E-state index contributed by atoms with van der Waals surface area (Å²) in [5, 5.41) is 8.62. The molecule has 0 unspecified atom stereocenters. The highest BCUT2D eigenvalue weighted by Gasteiger charge is 2.31. The van der Waals surface area contributed by atoms with Crippen LogP contribution in [0.2, 0.25) is 0 Å². The fourth-order valence-corrected chi connectivity index (χ4v) is 1.32. The number of hydrogen-bond donors (Lipinski definition) is 1. The molecule has 0 aliphatic rings. The van der Waals surface area contributed by atoms with Crippen LogP contribution in [0.1, 0.15) is 13.8 Å². The van der Waals surface area contributed by atoms with E-state index in [1.165, 1.54) is 13.8 Å². The van der Waals surface area contributed by atoms with E-state index in [1.54, 1.807) is 0 Å². The predicted octanol–water partition coefficient (Wildman–Crippen LogP) is 2.12. The van der Waals surface area contributed by atoms with Gasteiger partial charge in [-0.15, -0.1) is 24.9 Å². The Morgan fingerprint density at radius 3 is 2.29 bits per heavy atom. The average Bonchev–Trinajstić information content (AvgIpc) is 1.96. The maximum Gasteiger partial charge on any atom is 0.522 e. The summed E-state index contributed by atoms with van der Waals surface area (Å²) in [7, 11) is 0. The zero-order chi connectivity index (χ0) is 11.4. The van der Waals surface area contributed by atoms with Crippen LogP contribution in [0.4, 0.5) is 13.2 Å². The first-order valence-electron chi connectivity index (χ1n) is 3.73. The molecule has 1 N–H and O–H groups in total. The lowest BCUT2D eigenvalue weighted by molar-refractivity contribution is -0.322. The summed E-state index contributed by atoms with van der Waals surface area (Å²) >= 11 is 0.903. The van der Waals surface area contributed by atoms with Crippen molar-refractivity contribution >= 4 is 17.7 Å². The summed E-state index contributed by atoms with van der Waals surface area (Å²) in [6.07, 6.45) is -4.64. The number of halogens is 3. The zero-order valence-corrected chi connectivity index (χ0v) is 8.54. The molecule has 0 amide bonds. The van der Waals surface area contributed by atoms with E-state index < -0.39 is 23.7 Å².